The monoisotopic (exact) mass is 283 g/mol. The van der Waals surface area contributed by atoms with Gasteiger partial charge < -0.3 is 15.8 Å². The molecule has 0 radical (unpaired) electrons. The van der Waals surface area contributed by atoms with Crippen LogP contribution >= 0.6 is 0 Å². The summed E-state index contributed by atoms with van der Waals surface area (Å²) in [7, 11) is 0. The van der Waals surface area contributed by atoms with Gasteiger partial charge in [-0.05, 0) is 24.1 Å². The summed E-state index contributed by atoms with van der Waals surface area (Å²) in [4.78, 5) is 16.7. The number of hydrogen-bond donors (Lipinski definition) is 2. The van der Waals surface area contributed by atoms with Gasteiger partial charge in [-0.3, -0.25) is 4.79 Å². The molecule has 2 aromatic rings. The van der Waals surface area contributed by atoms with Crippen LogP contribution in [0.15, 0.2) is 42.6 Å². The van der Waals surface area contributed by atoms with Crippen LogP contribution in [0.1, 0.15) is 23.5 Å². The van der Waals surface area contributed by atoms with Crippen molar-refractivity contribution < 1.29 is 9.53 Å². The summed E-state index contributed by atoms with van der Waals surface area (Å²) in [6.07, 6.45) is 2.34. The van der Waals surface area contributed by atoms with E-state index < -0.39 is 0 Å². The van der Waals surface area contributed by atoms with Gasteiger partial charge in [0.25, 0.3) is 0 Å². The topological polar surface area (TPSA) is 77.2 Å². The van der Waals surface area contributed by atoms with Crippen molar-refractivity contribution >= 4 is 11.7 Å². The number of pyridine rings is 1. The lowest BCUT2D eigenvalue weighted by Crippen LogP contribution is -2.26. The summed E-state index contributed by atoms with van der Waals surface area (Å²) in [5.74, 6) is 1.07. The van der Waals surface area contributed by atoms with Crippen LogP contribution in [0, 0.1) is 0 Å². The zero-order valence-corrected chi connectivity index (χ0v) is 11.6. The molecule has 1 aliphatic heterocycles. The Hall–Kier alpha value is -2.40. The Morgan fingerprint density at radius 3 is 2.95 bits per heavy atom. The first-order valence-electron chi connectivity index (χ1n) is 6.95. The number of anilines is 1. The number of carbonyl (C=O) groups is 1. The van der Waals surface area contributed by atoms with E-state index in [1.54, 1.807) is 12.3 Å². The maximum atomic E-state index is 12.5. The lowest BCUT2D eigenvalue weighted by molar-refractivity contribution is -0.118. The van der Waals surface area contributed by atoms with Gasteiger partial charge in [0.05, 0.1) is 12.5 Å². The van der Waals surface area contributed by atoms with Crippen LogP contribution < -0.4 is 15.8 Å². The SMILES string of the molecule is NCc1ccc(NC(=O)C2CCOc3ccccc32)nc1. The summed E-state index contributed by atoms with van der Waals surface area (Å²) in [6.45, 7) is 0.989. The third kappa shape index (κ3) is 2.87. The quantitative estimate of drug-likeness (QED) is 0.903. The molecule has 3 rings (SSSR count). The molecule has 1 aromatic heterocycles. The van der Waals surface area contributed by atoms with Crippen LogP contribution in [0.25, 0.3) is 0 Å². The van der Waals surface area contributed by atoms with E-state index in [9.17, 15) is 4.79 Å². The Morgan fingerprint density at radius 1 is 1.33 bits per heavy atom. The third-order valence-electron chi connectivity index (χ3n) is 3.59. The number of fused-ring (bicyclic) bond motifs is 1. The van der Waals surface area contributed by atoms with E-state index in [0.717, 1.165) is 16.9 Å². The molecule has 21 heavy (non-hydrogen) atoms. The highest BCUT2D eigenvalue weighted by Gasteiger charge is 2.27. The van der Waals surface area contributed by atoms with Crippen molar-refractivity contribution in [3.8, 4) is 5.75 Å². The molecule has 5 nitrogen and oxygen atoms in total. The Labute approximate surface area is 123 Å². The van der Waals surface area contributed by atoms with E-state index in [-0.39, 0.29) is 11.8 Å². The van der Waals surface area contributed by atoms with Crippen molar-refractivity contribution in [1.29, 1.82) is 0 Å². The summed E-state index contributed by atoms with van der Waals surface area (Å²) in [5.41, 5.74) is 7.39. The maximum Gasteiger partial charge on any atom is 0.233 e. The van der Waals surface area contributed by atoms with E-state index in [2.05, 4.69) is 10.3 Å². The van der Waals surface area contributed by atoms with Crippen molar-refractivity contribution in [2.24, 2.45) is 5.73 Å². The summed E-state index contributed by atoms with van der Waals surface area (Å²) in [5, 5.41) is 2.86. The molecule has 0 spiro atoms. The molecule has 108 valence electrons. The fourth-order valence-electron chi connectivity index (χ4n) is 2.45. The molecule has 5 heteroatoms. The maximum absolute atomic E-state index is 12.5. The highest BCUT2D eigenvalue weighted by Crippen LogP contribution is 2.33. The average molecular weight is 283 g/mol. The number of amides is 1. The lowest BCUT2D eigenvalue weighted by atomic mass is 9.92. The van der Waals surface area contributed by atoms with Gasteiger partial charge in [-0.25, -0.2) is 4.98 Å². The molecule has 1 aromatic carbocycles. The summed E-state index contributed by atoms with van der Waals surface area (Å²) >= 11 is 0. The minimum Gasteiger partial charge on any atom is -0.493 e. The molecular formula is C16H17N3O2. The van der Waals surface area contributed by atoms with Crippen LogP contribution in [-0.2, 0) is 11.3 Å². The third-order valence-corrected chi connectivity index (χ3v) is 3.59. The fourth-order valence-corrected chi connectivity index (χ4v) is 2.45. The molecule has 3 N–H and O–H groups in total. The minimum absolute atomic E-state index is 0.0567. The summed E-state index contributed by atoms with van der Waals surface area (Å²) < 4.78 is 5.57. The highest BCUT2D eigenvalue weighted by atomic mass is 16.5. The number of para-hydroxylation sites is 1. The molecule has 0 fully saturated rings. The first kappa shape index (κ1) is 13.6. The number of ether oxygens (including phenoxy) is 1. The van der Waals surface area contributed by atoms with Crippen molar-refractivity contribution in [1.82, 2.24) is 4.98 Å². The number of carbonyl (C=O) groups excluding carboxylic acids is 1. The highest BCUT2D eigenvalue weighted by molar-refractivity contribution is 5.95. The average Bonchev–Trinajstić information content (AvgIpc) is 2.55. The lowest BCUT2D eigenvalue weighted by Gasteiger charge is -2.24. The molecule has 1 aliphatic rings. The minimum atomic E-state index is -0.203. The molecule has 2 heterocycles. The van der Waals surface area contributed by atoms with Gasteiger partial charge in [0.15, 0.2) is 0 Å². The molecule has 0 bridgehead atoms. The van der Waals surface area contributed by atoms with E-state index in [4.69, 9.17) is 10.5 Å². The van der Waals surface area contributed by atoms with Gasteiger partial charge in [-0.1, -0.05) is 24.3 Å². The van der Waals surface area contributed by atoms with Crippen molar-refractivity contribution in [2.45, 2.75) is 18.9 Å². The first-order chi connectivity index (χ1) is 10.3. The van der Waals surface area contributed by atoms with Crippen LogP contribution in [0.3, 0.4) is 0 Å². The van der Waals surface area contributed by atoms with E-state index in [1.807, 2.05) is 30.3 Å². The zero-order chi connectivity index (χ0) is 14.7. The van der Waals surface area contributed by atoms with E-state index >= 15 is 0 Å². The number of hydrogen-bond acceptors (Lipinski definition) is 4. The van der Waals surface area contributed by atoms with Crippen LogP contribution in [-0.4, -0.2) is 17.5 Å². The zero-order valence-electron chi connectivity index (χ0n) is 11.6. The van der Waals surface area contributed by atoms with Crippen molar-refractivity contribution in [2.75, 3.05) is 11.9 Å². The second-order valence-electron chi connectivity index (χ2n) is 4.97. The van der Waals surface area contributed by atoms with Gasteiger partial charge in [0.1, 0.15) is 11.6 Å². The molecule has 0 aliphatic carbocycles. The molecular weight excluding hydrogens is 266 g/mol. The first-order valence-corrected chi connectivity index (χ1v) is 6.95. The Kier molecular flexibility index (Phi) is 3.83. The number of nitrogens with two attached hydrogens (primary N) is 1. The number of nitrogens with one attached hydrogen (secondary N) is 1. The number of nitrogens with zero attached hydrogens (tertiary/aromatic N) is 1. The van der Waals surface area contributed by atoms with Gasteiger partial charge in [0.2, 0.25) is 5.91 Å². The molecule has 1 atom stereocenters. The fraction of sp³-hybridized carbons (Fsp3) is 0.250. The predicted molar refractivity (Wildman–Crippen MR) is 80.1 cm³/mol. The number of aromatic nitrogens is 1. The van der Waals surface area contributed by atoms with Gasteiger partial charge in [-0.15, -0.1) is 0 Å². The Balaban J connectivity index is 1.76. The molecule has 0 saturated carbocycles. The summed E-state index contributed by atoms with van der Waals surface area (Å²) in [6, 6.07) is 11.3. The number of rotatable bonds is 3. The Bertz CT molecular complexity index is 640. The van der Waals surface area contributed by atoms with Gasteiger partial charge in [-0.2, -0.15) is 0 Å². The second kappa shape index (κ2) is 5.93. The van der Waals surface area contributed by atoms with E-state index in [0.29, 0.717) is 25.4 Å². The predicted octanol–water partition coefficient (Wildman–Crippen LogP) is 2.05. The van der Waals surface area contributed by atoms with Crippen molar-refractivity contribution in [3.05, 3.63) is 53.7 Å². The largest absolute Gasteiger partial charge is 0.493 e. The van der Waals surface area contributed by atoms with Crippen LogP contribution in [0.5, 0.6) is 5.75 Å². The normalized spacial score (nSPS) is 16.7. The second-order valence-corrected chi connectivity index (χ2v) is 4.97. The van der Waals surface area contributed by atoms with Gasteiger partial charge in [0, 0.05) is 18.3 Å². The standard InChI is InChI=1S/C16H17N3O2/c17-9-11-5-6-15(18-10-11)19-16(20)13-7-8-21-14-4-2-1-3-12(13)14/h1-6,10,13H,7-9,17H2,(H,18,19,20). The van der Waals surface area contributed by atoms with Crippen LogP contribution in [0.4, 0.5) is 5.82 Å². The Morgan fingerprint density at radius 2 is 2.19 bits per heavy atom. The van der Waals surface area contributed by atoms with Crippen molar-refractivity contribution in [3.63, 3.8) is 0 Å². The molecule has 1 amide bonds. The van der Waals surface area contributed by atoms with E-state index in [1.165, 1.54) is 0 Å². The smallest absolute Gasteiger partial charge is 0.233 e. The van der Waals surface area contributed by atoms with Gasteiger partial charge >= 0.3 is 0 Å². The molecule has 1 unspecified atom stereocenters. The number of benzene rings is 1. The molecule has 0 saturated heterocycles. The van der Waals surface area contributed by atoms with Crippen LogP contribution in [0.2, 0.25) is 0 Å².